The first-order chi connectivity index (χ1) is 15.4. The highest BCUT2D eigenvalue weighted by atomic mass is 32.2. The molecule has 32 heavy (non-hydrogen) atoms. The number of nitrogens with one attached hydrogen (secondary N) is 1. The van der Waals surface area contributed by atoms with Gasteiger partial charge in [-0.15, -0.1) is 0 Å². The molecule has 1 aromatic heterocycles. The van der Waals surface area contributed by atoms with Crippen molar-refractivity contribution in [1.29, 1.82) is 5.41 Å². The summed E-state index contributed by atoms with van der Waals surface area (Å²) in [5, 5.41) is 15.5. The summed E-state index contributed by atoms with van der Waals surface area (Å²) in [4.78, 5) is 28.4. The SMILES string of the molecule is CCOC(=O)c1ccc(-c2ccc(/C=C3\C(=N)N4N=C(CC(C)C)SC4=NC3=O)o2)cc1. The van der Waals surface area contributed by atoms with Crippen LogP contribution in [0.1, 0.15) is 43.3 Å². The number of carbonyl (C=O) groups is 2. The highest BCUT2D eigenvalue weighted by Gasteiger charge is 2.35. The van der Waals surface area contributed by atoms with Gasteiger partial charge in [-0.1, -0.05) is 26.0 Å². The van der Waals surface area contributed by atoms with Crippen LogP contribution < -0.4 is 0 Å². The zero-order valence-corrected chi connectivity index (χ0v) is 18.7. The predicted octanol–water partition coefficient (Wildman–Crippen LogP) is 4.79. The first kappa shape index (κ1) is 21.8. The van der Waals surface area contributed by atoms with E-state index in [1.807, 2.05) is 0 Å². The van der Waals surface area contributed by atoms with E-state index in [0.717, 1.165) is 17.0 Å². The van der Waals surface area contributed by atoms with Gasteiger partial charge in [0.05, 0.1) is 17.7 Å². The molecule has 1 amide bonds. The van der Waals surface area contributed by atoms with E-state index in [1.54, 1.807) is 43.3 Å². The van der Waals surface area contributed by atoms with Crippen molar-refractivity contribution in [3.05, 3.63) is 53.3 Å². The normalized spacial score (nSPS) is 17.0. The summed E-state index contributed by atoms with van der Waals surface area (Å²) in [6.07, 6.45) is 2.26. The minimum absolute atomic E-state index is 0.0250. The Kier molecular flexibility index (Phi) is 6.09. The highest BCUT2D eigenvalue weighted by Crippen LogP contribution is 2.31. The molecule has 0 aliphatic carbocycles. The molecule has 9 heteroatoms. The van der Waals surface area contributed by atoms with Gasteiger partial charge in [0.2, 0.25) is 5.17 Å². The van der Waals surface area contributed by atoms with E-state index in [1.165, 1.54) is 22.8 Å². The van der Waals surface area contributed by atoms with E-state index in [9.17, 15) is 9.59 Å². The minimum atomic E-state index is -0.494. The predicted molar refractivity (Wildman–Crippen MR) is 125 cm³/mol. The zero-order valence-electron chi connectivity index (χ0n) is 17.9. The van der Waals surface area contributed by atoms with Crippen LogP contribution in [0.3, 0.4) is 0 Å². The van der Waals surface area contributed by atoms with Gasteiger partial charge in [0.1, 0.15) is 16.6 Å². The smallest absolute Gasteiger partial charge is 0.338 e. The Hall–Kier alpha value is -3.46. The summed E-state index contributed by atoms with van der Waals surface area (Å²) in [5.41, 5.74) is 1.34. The highest BCUT2D eigenvalue weighted by molar-refractivity contribution is 8.26. The number of furan rings is 1. The third-order valence-electron chi connectivity index (χ3n) is 4.67. The number of carbonyl (C=O) groups excluding carboxylic acids is 2. The molecule has 0 unspecified atom stereocenters. The van der Waals surface area contributed by atoms with E-state index < -0.39 is 5.91 Å². The van der Waals surface area contributed by atoms with Gasteiger partial charge in [0.25, 0.3) is 5.91 Å². The third-order valence-corrected chi connectivity index (χ3v) is 5.60. The van der Waals surface area contributed by atoms with Gasteiger partial charge in [-0.2, -0.15) is 15.1 Å². The van der Waals surface area contributed by atoms with E-state index in [0.29, 0.717) is 34.8 Å². The number of amidine groups is 2. The second kappa shape index (κ2) is 8.96. The summed E-state index contributed by atoms with van der Waals surface area (Å²) in [6, 6.07) is 10.3. The average Bonchev–Trinajstić information content (AvgIpc) is 3.38. The van der Waals surface area contributed by atoms with Crippen LogP contribution in [0.5, 0.6) is 0 Å². The first-order valence-electron chi connectivity index (χ1n) is 10.2. The molecule has 2 aliphatic heterocycles. The third kappa shape index (κ3) is 4.43. The lowest BCUT2D eigenvalue weighted by Gasteiger charge is -2.19. The van der Waals surface area contributed by atoms with Crippen LogP contribution in [-0.4, -0.2) is 39.5 Å². The van der Waals surface area contributed by atoms with Gasteiger partial charge in [-0.3, -0.25) is 10.2 Å². The molecule has 8 nitrogen and oxygen atoms in total. The molecule has 0 radical (unpaired) electrons. The van der Waals surface area contributed by atoms with Crippen molar-refractivity contribution >= 4 is 45.8 Å². The Morgan fingerprint density at radius 1 is 1.25 bits per heavy atom. The lowest BCUT2D eigenvalue weighted by molar-refractivity contribution is -0.114. The maximum atomic E-state index is 12.5. The molecule has 0 atom stereocenters. The van der Waals surface area contributed by atoms with E-state index in [-0.39, 0.29) is 17.4 Å². The minimum Gasteiger partial charge on any atom is -0.462 e. The van der Waals surface area contributed by atoms with Crippen molar-refractivity contribution in [2.75, 3.05) is 6.61 Å². The number of ether oxygens (including phenoxy) is 1. The lowest BCUT2D eigenvalue weighted by Crippen LogP contribution is -2.35. The zero-order chi connectivity index (χ0) is 22.8. The van der Waals surface area contributed by atoms with Crippen LogP contribution in [0.15, 0.2) is 56.5 Å². The summed E-state index contributed by atoms with van der Waals surface area (Å²) < 4.78 is 10.8. The summed E-state index contributed by atoms with van der Waals surface area (Å²) in [5.74, 6) is 0.502. The van der Waals surface area contributed by atoms with Gasteiger partial charge >= 0.3 is 5.97 Å². The van der Waals surface area contributed by atoms with Crippen LogP contribution in [0.4, 0.5) is 0 Å². The molecule has 0 spiro atoms. The number of thioether (sulfide) groups is 1. The first-order valence-corrected chi connectivity index (χ1v) is 11.0. The fourth-order valence-electron chi connectivity index (χ4n) is 3.18. The maximum Gasteiger partial charge on any atom is 0.338 e. The molecular formula is C23H22N4O4S. The summed E-state index contributed by atoms with van der Waals surface area (Å²) >= 11 is 1.33. The summed E-state index contributed by atoms with van der Waals surface area (Å²) in [6.45, 7) is 6.25. The Balaban J connectivity index is 1.54. The van der Waals surface area contributed by atoms with E-state index in [2.05, 4.69) is 23.9 Å². The standard InChI is InChI=1S/C23H22N4O4S/c1-4-30-22(29)15-7-5-14(6-8-15)18-10-9-16(31-18)12-17-20(24)27-23(25-21(17)28)32-19(26-27)11-13(2)3/h5-10,12-13,24H,4,11H2,1-3H3/b17-12+,24-20?. The van der Waals surface area contributed by atoms with Crippen molar-refractivity contribution in [3.63, 3.8) is 0 Å². The number of hydrogen-bond acceptors (Lipinski definition) is 7. The quantitative estimate of drug-likeness (QED) is 0.501. The molecule has 0 bridgehead atoms. The number of fused-ring (bicyclic) bond motifs is 1. The van der Waals surface area contributed by atoms with Crippen LogP contribution in [0, 0.1) is 11.3 Å². The van der Waals surface area contributed by atoms with Gasteiger partial charge < -0.3 is 9.15 Å². The number of hydrazone groups is 1. The van der Waals surface area contributed by atoms with E-state index in [4.69, 9.17) is 14.6 Å². The van der Waals surface area contributed by atoms with Crippen molar-refractivity contribution in [2.24, 2.45) is 16.0 Å². The average molecular weight is 451 g/mol. The largest absolute Gasteiger partial charge is 0.462 e. The van der Waals surface area contributed by atoms with Gasteiger partial charge in [-0.25, -0.2) is 4.79 Å². The van der Waals surface area contributed by atoms with Crippen molar-refractivity contribution in [1.82, 2.24) is 5.01 Å². The van der Waals surface area contributed by atoms with Crippen LogP contribution in [0.25, 0.3) is 17.4 Å². The van der Waals surface area contributed by atoms with Gasteiger partial charge in [0, 0.05) is 12.0 Å². The Bertz CT molecular complexity index is 1170. The number of nitrogens with zero attached hydrogens (tertiary/aromatic N) is 3. The van der Waals surface area contributed by atoms with Crippen LogP contribution >= 0.6 is 11.8 Å². The van der Waals surface area contributed by atoms with Crippen LogP contribution in [-0.2, 0) is 9.53 Å². The topological polar surface area (TPSA) is 108 Å². The Labute approximate surface area is 189 Å². The molecule has 4 rings (SSSR count). The molecule has 0 saturated carbocycles. The monoisotopic (exact) mass is 450 g/mol. The maximum absolute atomic E-state index is 12.5. The Morgan fingerprint density at radius 2 is 2.00 bits per heavy atom. The van der Waals surface area contributed by atoms with Crippen molar-refractivity contribution in [2.45, 2.75) is 27.2 Å². The second-order valence-electron chi connectivity index (χ2n) is 7.61. The molecule has 2 aliphatic rings. The molecule has 0 saturated heterocycles. The summed E-state index contributed by atoms with van der Waals surface area (Å²) in [7, 11) is 0. The molecule has 164 valence electrons. The number of benzene rings is 1. The van der Waals surface area contributed by atoms with Gasteiger partial charge in [0.15, 0.2) is 5.84 Å². The number of amides is 1. The molecule has 1 aromatic carbocycles. The molecule has 0 fully saturated rings. The molecular weight excluding hydrogens is 428 g/mol. The van der Waals surface area contributed by atoms with Gasteiger partial charge in [-0.05, 0) is 54.9 Å². The van der Waals surface area contributed by atoms with Crippen molar-refractivity contribution in [3.8, 4) is 11.3 Å². The lowest BCUT2D eigenvalue weighted by atomic mass is 10.1. The van der Waals surface area contributed by atoms with E-state index >= 15 is 0 Å². The fourth-order valence-corrected chi connectivity index (χ4v) is 4.27. The second-order valence-corrected chi connectivity index (χ2v) is 8.65. The number of esters is 1. The Morgan fingerprint density at radius 3 is 2.69 bits per heavy atom. The number of aliphatic imine (C=N–C) groups is 1. The fraction of sp³-hybridized carbons (Fsp3) is 0.261. The van der Waals surface area contributed by atoms with Crippen LogP contribution in [0.2, 0.25) is 0 Å². The van der Waals surface area contributed by atoms with Crippen molar-refractivity contribution < 1.29 is 18.7 Å². The number of rotatable bonds is 6. The number of hydrogen-bond donors (Lipinski definition) is 1. The molecule has 2 aromatic rings. The molecule has 3 heterocycles. The molecule has 1 N–H and O–H groups in total.